The average molecular weight is 486 g/mol. The minimum atomic E-state index is -8.43. The van der Waals surface area contributed by atoms with Crippen molar-refractivity contribution in [2.45, 2.75) is 61.4 Å². The second kappa shape index (κ2) is 6.83. The van der Waals surface area contributed by atoms with E-state index in [4.69, 9.17) is 0 Å². The van der Waals surface area contributed by atoms with Gasteiger partial charge in [0.1, 0.15) is 0 Å². The van der Waals surface area contributed by atoms with E-state index in [1.165, 1.54) is 0 Å². The van der Waals surface area contributed by atoms with Crippen LogP contribution >= 0.6 is 0 Å². The maximum atomic E-state index is 13.4. The van der Waals surface area contributed by atoms with Crippen LogP contribution in [-0.2, 0) is 9.22 Å². The van der Waals surface area contributed by atoms with E-state index in [2.05, 4.69) is 4.43 Å². The number of rotatable bonds is 7. The molecule has 2 nitrogen and oxygen atoms in total. The standard InChI is InChI=1S/C11H9F15O2Si/c1-29(2,3)28-4(27)5(12,13)6(14,15)7(16,17)8(18,19)9(20,21)10(22,23)11(24,25)26/h1-3H3. The SMILES string of the molecule is C[Si](C)(C)OC(=O)C(F)(F)C(F)(F)C(F)(F)C(F)(F)C(F)(F)C(F)(F)C(F)(F)F. The number of alkyl halides is 15. The van der Waals surface area contributed by atoms with E-state index >= 15 is 0 Å². The fraction of sp³-hybridized carbons (Fsp3) is 0.909. The summed E-state index contributed by atoms with van der Waals surface area (Å²) in [7, 11) is -3.62. The van der Waals surface area contributed by atoms with Crippen molar-refractivity contribution in [3.05, 3.63) is 0 Å². The van der Waals surface area contributed by atoms with Crippen LogP contribution in [0.4, 0.5) is 65.9 Å². The minimum absolute atomic E-state index is 0.823. The first-order valence-electron chi connectivity index (χ1n) is 6.70. The van der Waals surface area contributed by atoms with Gasteiger partial charge < -0.3 is 4.43 Å². The van der Waals surface area contributed by atoms with E-state index < -0.39 is 56.0 Å². The molecule has 0 fully saturated rings. The van der Waals surface area contributed by atoms with Crippen molar-refractivity contribution in [2.24, 2.45) is 0 Å². The molecule has 0 bridgehead atoms. The zero-order valence-corrected chi connectivity index (χ0v) is 15.0. The van der Waals surface area contributed by atoms with Crippen molar-refractivity contribution in [3.63, 3.8) is 0 Å². The Morgan fingerprint density at radius 2 is 0.828 bits per heavy atom. The predicted octanol–water partition coefficient (Wildman–Crippen LogP) is 5.74. The summed E-state index contributed by atoms with van der Waals surface area (Å²) in [6.45, 7) is 2.47. The first kappa shape index (κ1) is 27.6. The predicted molar refractivity (Wildman–Crippen MR) is 65.2 cm³/mol. The second-order valence-corrected chi connectivity index (χ2v) is 10.9. The molecule has 0 aliphatic carbocycles. The van der Waals surface area contributed by atoms with E-state index in [1.807, 2.05) is 0 Å². The lowest BCUT2D eigenvalue weighted by molar-refractivity contribution is -0.450. The molecule has 0 aromatic carbocycles. The molecule has 0 aliphatic rings. The Labute approximate surface area is 152 Å². The molecule has 0 radical (unpaired) electrons. The highest BCUT2D eigenvalue weighted by molar-refractivity contribution is 6.71. The molecule has 0 spiro atoms. The van der Waals surface area contributed by atoms with Gasteiger partial charge in [-0.05, 0) is 19.6 Å². The fourth-order valence-electron chi connectivity index (χ4n) is 1.44. The Morgan fingerprint density at radius 3 is 1.10 bits per heavy atom. The monoisotopic (exact) mass is 486 g/mol. The molecule has 0 saturated heterocycles. The van der Waals surface area contributed by atoms with Gasteiger partial charge in [-0.25, -0.2) is 4.79 Å². The molecule has 0 saturated carbocycles. The number of carbonyl (C=O) groups excluding carboxylic acids is 1. The summed E-state index contributed by atoms with van der Waals surface area (Å²) in [5.74, 6) is -51.6. The maximum Gasteiger partial charge on any atom is 0.460 e. The van der Waals surface area contributed by atoms with Gasteiger partial charge >= 0.3 is 47.7 Å². The third-order valence-corrected chi connectivity index (χ3v) is 3.78. The molecular weight excluding hydrogens is 477 g/mol. The van der Waals surface area contributed by atoms with Crippen LogP contribution in [0, 0.1) is 0 Å². The minimum Gasteiger partial charge on any atom is -0.515 e. The zero-order chi connectivity index (χ0) is 24.3. The third kappa shape index (κ3) is 3.99. The van der Waals surface area contributed by atoms with Crippen LogP contribution in [0.1, 0.15) is 0 Å². The van der Waals surface area contributed by atoms with Gasteiger partial charge in [-0.1, -0.05) is 0 Å². The molecule has 0 rings (SSSR count). The van der Waals surface area contributed by atoms with Crippen molar-refractivity contribution in [1.82, 2.24) is 0 Å². The van der Waals surface area contributed by atoms with E-state index in [1.54, 1.807) is 0 Å². The van der Waals surface area contributed by atoms with E-state index in [-0.39, 0.29) is 0 Å². The lowest BCUT2D eigenvalue weighted by atomic mass is 9.91. The van der Waals surface area contributed by atoms with Crippen LogP contribution in [-0.4, -0.2) is 56.0 Å². The highest BCUT2D eigenvalue weighted by Crippen LogP contribution is 2.62. The summed E-state index contributed by atoms with van der Waals surface area (Å²) >= 11 is 0. The quantitative estimate of drug-likeness (QED) is 0.339. The van der Waals surface area contributed by atoms with E-state index in [0.29, 0.717) is 0 Å². The topological polar surface area (TPSA) is 26.3 Å². The molecule has 0 N–H and O–H groups in total. The van der Waals surface area contributed by atoms with Crippen LogP contribution in [0.5, 0.6) is 0 Å². The molecule has 0 aromatic heterocycles. The molecule has 0 aromatic rings. The lowest BCUT2D eigenvalue weighted by Gasteiger charge is -2.41. The van der Waals surface area contributed by atoms with Gasteiger partial charge in [-0.3, -0.25) is 0 Å². The Hall–Kier alpha value is -1.36. The molecule has 18 heteroatoms. The Balaban J connectivity index is 6.54. The summed E-state index contributed by atoms with van der Waals surface area (Å²) < 4.78 is 197. The molecule has 174 valence electrons. The molecule has 0 atom stereocenters. The van der Waals surface area contributed by atoms with Crippen LogP contribution in [0.2, 0.25) is 19.6 Å². The van der Waals surface area contributed by atoms with E-state index in [0.717, 1.165) is 19.6 Å². The van der Waals surface area contributed by atoms with Gasteiger partial charge in [-0.15, -0.1) is 0 Å². The highest BCUT2D eigenvalue weighted by Gasteiger charge is 2.94. The van der Waals surface area contributed by atoms with Crippen LogP contribution in [0.15, 0.2) is 0 Å². The summed E-state index contributed by atoms with van der Waals surface area (Å²) in [6.07, 6.45) is -7.68. The van der Waals surface area contributed by atoms with Crippen molar-refractivity contribution in [1.29, 1.82) is 0 Å². The normalized spacial score (nSPS) is 16.1. The van der Waals surface area contributed by atoms with Gasteiger partial charge in [0, 0.05) is 0 Å². The molecule has 0 amide bonds. The second-order valence-electron chi connectivity index (χ2n) is 6.45. The highest BCUT2D eigenvalue weighted by atomic mass is 28.4. The maximum absolute atomic E-state index is 13.4. The zero-order valence-electron chi connectivity index (χ0n) is 14.0. The number of hydrogen-bond acceptors (Lipinski definition) is 2. The average Bonchev–Trinajstić information content (AvgIpc) is 2.42. The van der Waals surface area contributed by atoms with Crippen molar-refractivity contribution >= 4 is 14.3 Å². The van der Waals surface area contributed by atoms with Gasteiger partial charge in [0.15, 0.2) is 0 Å². The largest absolute Gasteiger partial charge is 0.515 e. The smallest absolute Gasteiger partial charge is 0.460 e. The number of halogens is 15. The van der Waals surface area contributed by atoms with Gasteiger partial charge in [0.25, 0.3) is 0 Å². The van der Waals surface area contributed by atoms with Crippen LogP contribution < -0.4 is 0 Å². The summed E-state index contributed by atoms with van der Waals surface area (Å²) in [4.78, 5) is 11.0. The summed E-state index contributed by atoms with van der Waals surface area (Å²) in [5, 5.41) is 0. The third-order valence-electron chi connectivity index (χ3n) is 2.98. The van der Waals surface area contributed by atoms with Gasteiger partial charge in [0.05, 0.1) is 0 Å². The van der Waals surface area contributed by atoms with E-state index in [9.17, 15) is 70.7 Å². The summed E-state index contributed by atoms with van der Waals surface area (Å²) in [5.41, 5.74) is 0. The lowest BCUT2D eigenvalue weighted by Crippen LogP contribution is -2.73. The fourth-order valence-corrected chi connectivity index (χ4v) is 2.12. The van der Waals surface area contributed by atoms with Gasteiger partial charge in [-0.2, -0.15) is 65.9 Å². The number of carbonyl (C=O) groups is 1. The molecule has 0 heterocycles. The molecular formula is C11H9F15O2Si. The van der Waals surface area contributed by atoms with Crippen molar-refractivity contribution < 1.29 is 75.1 Å². The first-order chi connectivity index (χ1) is 12.1. The van der Waals surface area contributed by atoms with Crippen LogP contribution in [0.3, 0.4) is 0 Å². The van der Waals surface area contributed by atoms with Crippen molar-refractivity contribution in [2.75, 3.05) is 0 Å². The molecule has 0 aliphatic heterocycles. The molecule has 29 heavy (non-hydrogen) atoms. The first-order valence-corrected chi connectivity index (χ1v) is 10.1. The Kier molecular flexibility index (Phi) is 6.51. The van der Waals surface area contributed by atoms with Gasteiger partial charge in [0.2, 0.25) is 8.32 Å². The Morgan fingerprint density at radius 1 is 0.552 bits per heavy atom. The number of hydrogen-bond donors (Lipinski definition) is 0. The summed E-state index contributed by atoms with van der Waals surface area (Å²) in [6, 6.07) is 0. The van der Waals surface area contributed by atoms with Crippen molar-refractivity contribution in [3.8, 4) is 0 Å². The molecule has 0 unspecified atom stereocenters. The van der Waals surface area contributed by atoms with Crippen LogP contribution in [0.25, 0.3) is 0 Å². The Bertz CT molecular complexity index is 631.